The summed E-state index contributed by atoms with van der Waals surface area (Å²) < 4.78 is 33.5. The van der Waals surface area contributed by atoms with Gasteiger partial charge in [-0.2, -0.15) is 0 Å². The van der Waals surface area contributed by atoms with Crippen LogP contribution in [0.1, 0.15) is 122 Å². The van der Waals surface area contributed by atoms with Gasteiger partial charge in [0, 0.05) is 11.9 Å². The van der Waals surface area contributed by atoms with Gasteiger partial charge in [-0.15, -0.1) is 0 Å². The van der Waals surface area contributed by atoms with Crippen molar-refractivity contribution >= 4 is 10.1 Å². The fraction of sp³-hybridized carbons (Fsp3) is 1.00. The Kier molecular flexibility index (Phi) is 25.2. The van der Waals surface area contributed by atoms with E-state index in [4.69, 9.17) is 5.11 Å². The van der Waals surface area contributed by atoms with Crippen LogP contribution in [0.2, 0.25) is 0 Å². The first-order valence-corrected chi connectivity index (χ1v) is 12.5. The predicted molar refractivity (Wildman–Crippen MR) is 109 cm³/mol. The van der Waals surface area contributed by atoms with Gasteiger partial charge < -0.3 is 9.66 Å². The zero-order valence-corrected chi connectivity index (χ0v) is 22.0. The van der Waals surface area contributed by atoms with E-state index < -0.39 is 15.4 Å². The van der Waals surface area contributed by atoms with E-state index in [1.165, 1.54) is 77.0 Å². The molecule has 0 amide bonds. The SMILES string of the molecule is CCCCCCCCCCCCCCCCCC(CCCO)S(=O)(=O)[O-].[K+]. The molecule has 0 heterocycles. The summed E-state index contributed by atoms with van der Waals surface area (Å²) in [5, 5.41) is 7.98. The van der Waals surface area contributed by atoms with Crippen molar-refractivity contribution in [3.63, 3.8) is 0 Å². The van der Waals surface area contributed by atoms with E-state index in [0.717, 1.165) is 19.3 Å². The van der Waals surface area contributed by atoms with Crippen molar-refractivity contribution < 1.29 is 69.5 Å². The molecule has 0 radical (unpaired) electrons. The molecule has 4 nitrogen and oxygen atoms in total. The molecule has 1 atom stereocenters. The van der Waals surface area contributed by atoms with E-state index in [1.807, 2.05) is 0 Å². The maximum atomic E-state index is 11.2. The van der Waals surface area contributed by atoms with Gasteiger partial charge in [0.25, 0.3) is 0 Å². The molecule has 0 saturated carbocycles. The first-order valence-electron chi connectivity index (χ1n) is 11.1. The van der Waals surface area contributed by atoms with Crippen molar-refractivity contribution in [3.8, 4) is 0 Å². The molecule has 0 aliphatic carbocycles. The largest absolute Gasteiger partial charge is 1.00 e. The second-order valence-corrected chi connectivity index (χ2v) is 9.37. The summed E-state index contributed by atoms with van der Waals surface area (Å²) in [5.74, 6) is 0. The van der Waals surface area contributed by atoms with Gasteiger partial charge in [0.15, 0.2) is 0 Å². The van der Waals surface area contributed by atoms with Crippen molar-refractivity contribution in [2.45, 2.75) is 128 Å². The van der Waals surface area contributed by atoms with Crippen LogP contribution in [0.15, 0.2) is 0 Å². The molecule has 0 aromatic carbocycles. The number of aliphatic hydroxyl groups is 1. The Hall–Kier alpha value is 1.51. The molecule has 0 saturated heterocycles. The normalized spacial score (nSPS) is 12.7. The van der Waals surface area contributed by atoms with Gasteiger partial charge in [0.2, 0.25) is 0 Å². The smallest absolute Gasteiger partial charge is 0.748 e. The minimum atomic E-state index is -4.22. The average Bonchev–Trinajstić information content (AvgIpc) is 2.59. The van der Waals surface area contributed by atoms with Gasteiger partial charge in [-0.05, 0) is 19.3 Å². The van der Waals surface area contributed by atoms with Gasteiger partial charge in [0.1, 0.15) is 0 Å². The molecule has 6 heteroatoms. The third kappa shape index (κ3) is 22.0. The first-order chi connectivity index (χ1) is 12.5. The first kappa shape index (κ1) is 30.7. The summed E-state index contributed by atoms with van der Waals surface area (Å²) in [7, 11) is -4.22. The fourth-order valence-electron chi connectivity index (χ4n) is 3.50. The Morgan fingerprint density at radius 1 is 0.667 bits per heavy atom. The zero-order valence-electron chi connectivity index (χ0n) is 18.1. The Morgan fingerprint density at radius 2 is 1.00 bits per heavy atom. The average molecular weight is 431 g/mol. The molecule has 0 rings (SSSR count). The minimum Gasteiger partial charge on any atom is -0.748 e. The van der Waals surface area contributed by atoms with Crippen molar-refractivity contribution in [2.75, 3.05) is 6.61 Å². The number of rotatable bonds is 20. The summed E-state index contributed by atoms with van der Waals surface area (Å²) in [4.78, 5) is 0. The molecule has 27 heavy (non-hydrogen) atoms. The summed E-state index contributed by atoms with van der Waals surface area (Å²) >= 11 is 0. The molecule has 158 valence electrons. The van der Waals surface area contributed by atoms with Crippen LogP contribution in [-0.2, 0) is 10.1 Å². The second kappa shape index (κ2) is 22.2. The molecule has 0 aromatic rings. The van der Waals surface area contributed by atoms with Crippen LogP contribution in [0.25, 0.3) is 0 Å². The molecule has 0 bridgehead atoms. The van der Waals surface area contributed by atoms with Crippen LogP contribution in [0, 0.1) is 0 Å². The topological polar surface area (TPSA) is 77.4 Å². The molecule has 0 aromatic heterocycles. The van der Waals surface area contributed by atoms with Gasteiger partial charge in [-0.3, -0.25) is 0 Å². The molecule has 0 aliphatic heterocycles. The van der Waals surface area contributed by atoms with E-state index in [1.54, 1.807) is 0 Å². The zero-order chi connectivity index (χ0) is 19.5. The van der Waals surface area contributed by atoms with Crippen molar-refractivity contribution in [1.82, 2.24) is 0 Å². The maximum absolute atomic E-state index is 11.2. The Morgan fingerprint density at radius 3 is 1.33 bits per heavy atom. The number of unbranched alkanes of at least 4 members (excludes halogenated alkanes) is 14. The summed E-state index contributed by atoms with van der Waals surface area (Å²) in [6.45, 7) is 2.21. The number of hydrogen-bond donors (Lipinski definition) is 1. The van der Waals surface area contributed by atoms with E-state index in [0.29, 0.717) is 19.3 Å². The molecule has 1 unspecified atom stereocenters. The van der Waals surface area contributed by atoms with Gasteiger partial charge in [-0.1, -0.05) is 103 Å². The number of hydrogen-bond acceptors (Lipinski definition) is 4. The van der Waals surface area contributed by atoms with E-state index in [9.17, 15) is 13.0 Å². The minimum absolute atomic E-state index is 0. The van der Waals surface area contributed by atoms with Crippen LogP contribution in [-0.4, -0.2) is 29.9 Å². The summed E-state index contributed by atoms with van der Waals surface area (Å²) in [5.41, 5.74) is 0. The summed E-state index contributed by atoms with van der Waals surface area (Å²) in [6, 6.07) is 0. The van der Waals surface area contributed by atoms with E-state index in [-0.39, 0.29) is 58.0 Å². The Labute approximate surface area is 211 Å². The third-order valence-electron chi connectivity index (χ3n) is 5.22. The summed E-state index contributed by atoms with van der Waals surface area (Å²) in [6.07, 6.45) is 20.2. The van der Waals surface area contributed by atoms with Gasteiger partial charge in [-0.25, -0.2) is 8.42 Å². The van der Waals surface area contributed by atoms with Crippen molar-refractivity contribution in [2.24, 2.45) is 0 Å². The van der Waals surface area contributed by atoms with Crippen LogP contribution in [0.5, 0.6) is 0 Å². The van der Waals surface area contributed by atoms with Crippen molar-refractivity contribution in [1.29, 1.82) is 0 Å². The molecule has 0 aliphatic rings. The standard InChI is InChI=1S/C21H44O4S.K/c1-2-3-4-5-6-7-8-9-10-11-12-13-14-15-16-18-21(19-17-20-22)26(23,24)25;/h21-22H,2-20H2,1H3,(H,23,24,25);/q;+1/p-1. The van der Waals surface area contributed by atoms with Gasteiger partial charge in [0.05, 0.1) is 10.1 Å². The molecule has 0 spiro atoms. The second-order valence-electron chi connectivity index (χ2n) is 7.72. The third-order valence-corrected chi connectivity index (χ3v) is 6.51. The molecule has 1 N–H and O–H groups in total. The van der Waals surface area contributed by atoms with Crippen LogP contribution >= 0.6 is 0 Å². The molecule has 0 fully saturated rings. The van der Waals surface area contributed by atoms with Crippen LogP contribution < -0.4 is 51.4 Å². The predicted octanol–water partition coefficient (Wildman–Crippen LogP) is 2.94. The fourth-order valence-corrected chi connectivity index (χ4v) is 4.41. The van der Waals surface area contributed by atoms with Crippen molar-refractivity contribution in [3.05, 3.63) is 0 Å². The molecular formula is C21H43KO4S. The van der Waals surface area contributed by atoms with Crippen LogP contribution in [0.3, 0.4) is 0 Å². The Balaban J connectivity index is 0. The monoisotopic (exact) mass is 430 g/mol. The van der Waals surface area contributed by atoms with Gasteiger partial charge >= 0.3 is 51.4 Å². The van der Waals surface area contributed by atoms with Crippen LogP contribution in [0.4, 0.5) is 0 Å². The number of aliphatic hydroxyl groups excluding tert-OH is 1. The molecular weight excluding hydrogens is 387 g/mol. The van der Waals surface area contributed by atoms with E-state index >= 15 is 0 Å². The maximum Gasteiger partial charge on any atom is 1.00 e. The quantitative estimate of drug-likeness (QED) is 0.183. The van der Waals surface area contributed by atoms with E-state index in [2.05, 4.69) is 6.92 Å². The Bertz CT molecular complexity index is 388.